The first-order valence-electron chi connectivity index (χ1n) is 12.4. The molecule has 4 heteroatoms. The maximum Gasteiger partial charge on any atom is 0.206 e. The molecule has 0 bridgehead atoms. The Kier molecular flexibility index (Phi) is 8.55. The van der Waals surface area contributed by atoms with Gasteiger partial charge in [0.25, 0.3) is 0 Å². The average molecular weight is 513 g/mol. The van der Waals surface area contributed by atoms with Gasteiger partial charge in [-0.15, -0.1) is 0 Å². The van der Waals surface area contributed by atoms with Crippen molar-refractivity contribution in [3.05, 3.63) is 128 Å². The van der Waals surface area contributed by atoms with Gasteiger partial charge in [0.1, 0.15) is 0 Å². The van der Waals surface area contributed by atoms with Gasteiger partial charge in [0.15, 0.2) is 5.78 Å². The van der Waals surface area contributed by atoms with Crippen LogP contribution in [0.15, 0.2) is 82.6 Å². The third-order valence-corrected chi connectivity index (χ3v) is 8.86. The fourth-order valence-corrected chi connectivity index (χ4v) is 5.26. The second-order valence-corrected chi connectivity index (χ2v) is 11.9. The summed E-state index contributed by atoms with van der Waals surface area (Å²) in [4.78, 5) is 13.1. The first kappa shape index (κ1) is 28.1. The first-order valence-corrected chi connectivity index (χ1v) is 13.9. The van der Waals surface area contributed by atoms with Gasteiger partial charge in [-0.05, 0) is 136 Å². The molecule has 0 saturated carbocycles. The van der Waals surface area contributed by atoms with Crippen LogP contribution in [0.3, 0.4) is 0 Å². The molecule has 4 rings (SSSR count). The summed E-state index contributed by atoms with van der Waals surface area (Å²) in [5.74, 6) is 0.0983. The highest BCUT2D eigenvalue weighted by Crippen LogP contribution is 2.24. The minimum absolute atomic E-state index is 0.0983. The van der Waals surface area contributed by atoms with E-state index in [9.17, 15) is 13.2 Å². The van der Waals surface area contributed by atoms with Crippen LogP contribution in [0.2, 0.25) is 0 Å². The maximum absolute atomic E-state index is 12.6. The topological polar surface area (TPSA) is 51.2 Å². The van der Waals surface area contributed by atoms with Crippen molar-refractivity contribution >= 4 is 15.6 Å². The van der Waals surface area contributed by atoms with Crippen LogP contribution in [-0.4, -0.2) is 14.2 Å². The Labute approximate surface area is 222 Å². The van der Waals surface area contributed by atoms with E-state index in [0.717, 1.165) is 44.5 Å². The van der Waals surface area contributed by atoms with E-state index in [1.807, 2.05) is 90.1 Å². The molecule has 0 aliphatic heterocycles. The Balaban J connectivity index is 0.000000206. The summed E-state index contributed by atoms with van der Waals surface area (Å²) in [6.45, 7) is 16.0. The molecule has 0 heterocycles. The van der Waals surface area contributed by atoms with E-state index in [2.05, 4.69) is 13.8 Å². The summed E-state index contributed by atoms with van der Waals surface area (Å²) in [6.07, 6.45) is 0. The Hall–Kier alpha value is -3.50. The summed E-state index contributed by atoms with van der Waals surface area (Å²) < 4.78 is 25.1. The zero-order chi connectivity index (χ0) is 27.5. The van der Waals surface area contributed by atoms with E-state index in [4.69, 9.17) is 0 Å². The predicted octanol–water partition coefficient (Wildman–Crippen LogP) is 7.90. The molecule has 3 nitrogen and oxygen atoms in total. The van der Waals surface area contributed by atoms with E-state index < -0.39 is 9.84 Å². The molecule has 0 aliphatic rings. The third-order valence-electron chi connectivity index (χ3n) is 7.12. The molecule has 0 saturated heterocycles. The van der Waals surface area contributed by atoms with Crippen molar-refractivity contribution in [2.45, 2.75) is 65.2 Å². The number of hydrogen-bond donors (Lipinski definition) is 0. The number of aryl methyl sites for hydroxylation is 8. The van der Waals surface area contributed by atoms with Crippen LogP contribution in [0.4, 0.5) is 0 Å². The quantitative estimate of drug-likeness (QED) is 0.261. The Morgan fingerprint density at radius 2 is 0.730 bits per heavy atom. The van der Waals surface area contributed by atoms with Gasteiger partial charge in [0.05, 0.1) is 9.79 Å². The van der Waals surface area contributed by atoms with Gasteiger partial charge in [0.2, 0.25) is 9.84 Å². The van der Waals surface area contributed by atoms with Crippen LogP contribution in [0.25, 0.3) is 0 Å². The molecule has 4 aromatic carbocycles. The van der Waals surface area contributed by atoms with Crippen LogP contribution >= 0.6 is 0 Å². The largest absolute Gasteiger partial charge is 0.289 e. The van der Waals surface area contributed by atoms with Crippen LogP contribution in [0.1, 0.15) is 60.4 Å². The number of ketones is 1. The fraction of sp³-hybridized carbons (Fsp3) is 0.242. The lowest BCUT2D eigenvalue weighted by atomic mass is 9.97. The molecular formula is C33H36O3S. The van der Waals surface area contributed by atoms with Gasteiger partial charge in [-0.3, -0.25) is 4.79 Å². The summed E-state index contributed by atoms with van der Waals surface area (Å²) in [5.41, 5.74) is 10.4. The van der Waals surface area contributed by atoms with Crippen molar-refractivity contribution in [1.82, 2.24) is 0 Å². The van der Waals surface area contributed by atoms with E-state index in [1.54, 1.807) is 24.3 Å². The highest BCUT2D eigenvalue weighted by molar-refractivity contribution is 7.91. The molecule has 0 atom stereocenters. The highest BCUT2D eigenvalue weighted by atomic mass is 32.2. The SMILES string of the molecule is Cc1ccc(C(=O)c2ccc(C)c(C)c2)cc1C.Cc1ccc(S(=O)(=O)c2ccc(C)c(C)c2)cc1C. The average Bonchev–Trinajstić information content (AvgIpc) is 2.85. The number of carbonyl (C=O) groups excluding carboxylic acids is 1. The Morgan fingerprint density at radius 1 is 0.432 bits per heavy atom. The molecule has 0 N–H and O–H groups in total. The summed E-state index contributed by atoms with van der Waals surface area (Å²) in [6, 6.07) is 22.3. The van der Waals surface area contributed by atoms with Crippen LogP contribution in [0, 0.1) is 55.4 Å². The molecule has 4 aromatic rings. The number of benzene rings is 4. The van der Waals surface area contributed by atoms with Crippen LogP contribution in [-0.2, 0) is 9.84 Å². The van der Waals surface area contributed by atoms with Gasteiger partial charge in [0, 0.05) is 11.1 Å². The summed E-state index contributed by atoms with van der Waals surface area (Å²) in [7, 11) is -3.42. The van der Waals surface area contributed by atoms with Gasteiger partial charge >= 0.3 is 0 Å². The van der Waals surface area contributed by atoms with E-state index >= 15 is 0 Å². The lowest BCUT2D eigenvalue weighted by Crippen LogP contribution is -2.03. The van der Waals surface area contributed by atoms with Gasteiger partial charge in [-0.25, -0.2) is 8.42 Å². The van der Waals surface area contributed by atoms with E-state index in [1.165, 1.54) is 11.1 Å². The predicted molar refractivity (Wildman–Crippen MR) is 153 cm³/mol. The Morgan fingerprint density at radius 3 is 1.03 bits per heavy atom. The number of hydrogen-bond acceptors (Lipinski definition) is 3. The number of carbonyl (C=O) groups is 1. The molecule has 0 aromatic heterocycles. The summed E-state index contributed by atoms with van der Waals surface area (Å²) in [5, 5.41) is 0. The zero-order valence-corrected chi connectivity index (χ0v) is 23.9. The van der Waals surface area contributed by atoms with Crippen molar-refractivity contribution in [1.29, 1.82) is 0 Å². The molecule has 0 spiro atoms. The molecule has 0 aliphatic carbocycles. The highest BCUT2D eigenvalue weighted by Gasteiger charge is 2.18. The normalized spacial score (nSPS) is 11.0. The Bertz CT molecular complexity index is 1470. The molecular weight excluding hydrogens is 476 g/mol. The molecule has 192 valence electrons. The minimum atomic E-state index is -3.42. The fourth-order valence-electron chi connectivity index (χ4n) is 3.83. The van der Waals surface area contributed by atoms with E-state index in [0.29, 0.717) is 9.79 Å². The van der Waals surface area contributed by atoms with Crippen molar-refractivity contribution in [2.75, 3.05) is 0 Å². The maximum atomic E-state index is 12.6. The molecule has 37 heavy (non-hydrogen) atoms. The third kappa shape index (κ3) is 6.44. The number of rotatable bonds is 4. The van der Waals surface area contributed by atoms with Crippen molar-refractivity contribution in [3.8, 4) is 0 Å². The standard InChI is InChI=1S/C17H18O.C16H18O2S/c1-11-5-7-15(9-13(11)3)17(18)16-8-6-12(2)14(4)10-16;1-11-5-7-15(9-13(11)3)19(17,18)16-8-6-12(2)14(4)10-16/h5-10H,1-4H3;5-10H,1-4H3. The second-order valence-electron chi connectivity index (χ2n) is 9.92. The van der Waals surface area contributed by atoms with Crippen molar-refractivity contribution in [3.63, 3.8) is 0 Å². The molecule has 0 fully saturated rings. The second kappa shape index (κ2) is 11.3. The smallest absolute Gasteiger partial charge is 0.206 e. The monoisotopic (exact) mass is 512 g/mol. The van der Waals surface area contributed by atoms with Crippen molar-refractivity contribution < 1.29 is 13.2 Å². The first-order chi connectivity index (χ1) is 17.3. The van der Waals surface area contributed by atoms with E-state index in [-0.39, 0.29) is 5.78 Å². The summed E-state index contributed by atoms with van der Waals surface area (Å²) >= 11 is 0. The zero-order valence-electron chi connectivity index (χ0n) is 23.1. The van der Waals surface area contributed by atoms with Gasteiger partial charge < -0.3 is 0 Å². The molecule has 0 amide bonds. The van der Waals surface area contributed by atoms with Crippen LogP contribution < -0.4 is 0 Å². The van der Waals surface area contributed by atoms with Gasteiger partial charge in [-0.1, -0.05) is 36.4 Å². The molecule has 0 unspecified atom stereocenters. The van der Waals surface area contributed by atoms with Crippen molar-refractivity contribution in [2.24, 2.45) is 0 Å². The lowest BCUT2D eigenvalue weighted by molar-refractivity contribution is 0.103. The minimum Gasteiger partial charge on any atom is -0.289 e. The lowest BCUT2D eigenvalue weighted by Gasteiger charge is -2.09. The number of sulfone groups is 1. The molecule has 0 radical (unpaired) electrons. The van der Waals surface area contributed by atoms with Crippen LogP contribution in [0.5, 0.6) is 0 Å². The van der Waals surface area contributed by atoms with Gasteiger partial charge in [-0.2, -0.15) is 0 Å².